The van der Waals surface area contributed by atoms with Crippen molar-refractivity contribution in [2.24, 2.45) is 0 Å². The number of nitrogens with one attached hydrogen (secondary N) is 1. The van der Waals surface area contributed by atoms with Crippen LogP contribution in [0.2, 0.25) is 0 Å². The van der Waals surface area contributed by atoms with Crippen LogP contribution in [0.4, 0.5) is 8.78 Å². The van der Waals surface area contributed by atoms with Crippen LogP contribution in [0.1, 0.15) is 24.1 Å². The van der Waals surface area contributed by atoms with Crippen LogP contribution in [0.15, 0.2) is 36.7 Å². The summed E-state index contributed by atoms with van der Waals surface area (Å²) in [4.78, 5) is 3.87. The van der Waals surface area contributed by atoms with Crippen LogP contribution >= 0.6 is 22.6 Å². The van der Waals surface area contributed by atoms with Crippen molar-refractivity contribution in [2.75, 3.05) is 6.54 Å². The van der Waals surface area contributed by atoms with Crippen molar-refractivity contribution < 1.29 is 8.78 Å². The fourth-order valence-corrected chi connectivity index (χ4v) is 2.72. The third-order valence-corrected chi connectivity index (χ3v) is 3.68. The molecule has 2 rings (SSSR count). The number of halogens is 3. The van der Waals surface area contributed by atoms with E-state index in [-0.39, 0.29) is 17.7 Å². The normalized spacial score (nSPS) is 12.4. The van der Waals surface area contributed by atoms with Gasteiger partial charge in [0.1, 0.15) is 11.6 Å². The number of hydrogen-bond donors (Lipinski definition) is 1. The van der Waals surface area contributed by atoms with Crippen molar-refractivity contribution in [1.29, 1.82) is 0 Å². The summed E-state index contributed by atoms with van der Waals surface area (Å²) in [6.07, 6.45) is 2.79. The maximum Gasteiger partial charge on any atom is 0.141 e. The van der Waals surface area contributed by atoms with Gasteiger partial charge in [-0.05, 0) is 58.5 Å². The Hall–Kier alpha value is -1.08. The van der Waals surface area contributed by atoms with Crippen LogP contribution in [0, 0.1) is 15.2 Å². The van der Waals surface area contributed by atoms with Gasteiger partial charge < -0.3 is 5.32 Å². The molecule has 100 valence electrons. The summed E-state index contributed by atoms with van der Waals surface area (Å²) < 4.78 is 27.3. The van der Waals surface area contributed by atoms with Crippen molar-refractivity contribution >= 4 is 22.6 Å². The van der Waals surface area contributed by atoms with E-state index in [1.54, 1.807) is 12.3 Å². The number of aromatic nitrogens is 1. The Balaban J connectivity index is 2.45. The Morgan fingerprint density at radius 2 is 2.00 bits per heavy atom. The maximum atomic E-state index is 13.3. The topological polar surface area (TPSA) is 24.9 Å². The van der Waals surface area contributed by atoms with E-state index in [2.05, 4.69) is 32.9 Å². The molecule has 0 aliphatic heterocycles. The van der Waals surface area contributed by atoms with Crippen LogP contribution < -0.4 is 5.32 Å². The van der Waals surface area contributed by atoms with Gasteiger partial charge in [-0.2, -0.15) is 0 Å². The molecule has 1 aromatic heterocycles. The lowest BCUT2D eigenvalue weighted by atomic mass is 10.00. The van der Waals surface area contributed by atoms with Crippen LogP contribution in [-0.4, -0.2) is 11.5 Å². The summed E-state index contributed by atoms with van der Waals surface area (Å²) in [5.74, 6) is -0.654. The molecule has 5 heteroatoms. The van der Waals surface area contributed by atoms with Crippen molar-refractivity contribution in [3.8, 4) is 0 Å². The average molecular weight is 374 g/mol. The Kier molecular flexibility index (Phi) is 4.81. The predicted octanol–water partition coefficient (Wildman–Crippen LogP) is 3.66. The summed E-state index contributed by atoms with van der Waals surface area (Å²) in [5.41, 5.74) is 1.64. The average Bonchev–Trinajstić information content (AvgIpc) is 2.37. The van der Waals surface area contributed by atoms with Gasteiger partial charge in [0.05, 0.1) is 12.2 Å². The molecule has 2 aromatic rings. The van der Waals surface area contributed by atoms with E-state index in [0.717, 1.165) is 14.7 Å². The summed E-state index contributed by atoms with van der Waals surface area (Å²) >= 11 is 2.08. The fourth-order valence-electron chi connectivity index (χ4n) is 1.93. The fraction of sp³-hybridized carbons (Fsp3) is 0.214. The van der Waals surface area contributed by atoms with Crippen LogP contribution in [0.5, 0.6) is 0 Å². The number of hydrogen-bond acceptors (Lipinski definition) is 2. The minimum absolute atomic E-state index is 0.194. The molecule has 0 spiro atoms. The van der Waals surface area contributed by atoms with Gasteiger partial charge in [-0.25, -0.2) is 8.78 Å². The zero-order valence-electron chi connectivity index (χ0n) is 10.3. The molecule has 0 aliphatic carbocycles. The standard InChI is InChI=1S/C14H13F2IN2/c1-2-19-14(9-5-11(16)8-18-7-9)12-4-3-10(15)6-13(12)17/h3-8,14,19H,2H2,1H3. The van der Waals surface area contributed by atoms with Crippen molar-refractivity contribution in [3.05, 3.63) is 63.0 Å². The van der Waals surface area contributed by atoms with Crippen LogP contribution in [0.25, 0.3) is 0 Å². The van der Waals surface area contributed by atoms with Gasteiger partial charge in [0.15, 0.2) is 0 Å². The number of rotatable bonds is 4. The summed E-state index contributed by atoms with van der Waals surface area (Å²) in [7, 11) is 0. The van der Waals surface area contributed by atoms with E-state index in [1.165, 1.54) is 24.4 Å². The summed E-state index contributed by atoms with van der Waals surface area (Å²) in [5, 5.41) is 3.27. The molecule has 0 fully saturated rings. The lowest BCUT2D eigenvalue weighted by molar-refractivity contribution is 0.591. The van der Waals surface area contributed by atoms with E-state index in [0.29, 0.717) is 6.54 Å². The predicted molar refractivity (Wildman–Crippen MR) is 78.8 cm³/mol. The van der Waals surface area contributed by atoms with Gasteiger partial charge in [0.25, 0.3) is 0 Å². The first-order valence-corrected chi connectivity index (χ1v) is 6.98. The van der Waals surface area contributed by atoms with E-state index >= 15 is 0 Å². The zero-order chi connectivity index (χ0) is 13.8. The van der Waals surface area contributed by atoms with Crippen LogP contribution in [0.3, 0.4) is 0 Å². The first kappa shape index (κ1) is 14.3. The largest absolute Gasteiger partial charge is 0.306 e. The Bertz CT molecular complexity index is 575. The molecule has 0 bridgehead atoms. The second kappa shape index (κ2) is 6.38. The van der Waals surface area contributed by atoms with Gasteiger partial charge in [0, 0.05) is 9.77 Å². The third-order valence-electron chi connectivity index (χ3n) is 2.74. The molecule has 1 heterocycles. The molecule has 0 saturated heterocycles. The summed E-state index contributed by atoms with van der Waals surface area (Å²) in [6, 6.07) is 5.84. The lowest BCUT2D eigenvalue weighted by Gasteiger charge is -2.20. The number of benzene rings is 1. The SMILES string of the molecule is CCNC(c1cncc(F)c1)c1ccc(F)cc1I. The van der Waals surface area contributed by atoms with Gasteiger partial charge >= 0.3 is 0 Å². The van der Waals surface area contributed by atoms with Crippen molar-refractivity contribution in [3.63, 3.8) is 0 Å². The van der Waals surface area contributed by atoms with E-state index < -0.39 is 0 Å². The second-order valence-electron chi connectivity index (χ2n) is 4.09. The molecule has 2 nitrogen and oxygen atoms in total. The number of nitrogens with zero attached hydrogens (tertiary/aromatic N) is 1. The highest BCUT2D eigenvalue weighted by molar-refractivity contribution is 14.1. The van der Waals surface area contributed by atoms with E-state index in [1.807, 2.05) is 6.92 Å². The zero-order valence-corrected chi connectivity index (χ0v) is 12.5. The molecule has 1 atom stereocenters. The highest BCUT2D eigenvalue weighted by Gasteiger charge is 2.17. The van der Waals surface area contributed by atoms with E-state index in [9.17, 15) is 8.78 Å². The minimum Gasteiger partial charge on any atom is -0.306 e. The molecule has 1 aromatic carbocycles. The minimum atomic E-state index is -0.377. The van der Waals surface area contributed by atoms with Gasteiger partial charge in [-0.3, -0.25) is 4.98 Å². The highest BCUT2D eigenvalue weighted by Crippen LogP contribution is 2.26. The van der Waals surface area contributed by atoms with Gasteiger partial charge in [0.2, 0.25) is 0 Å². The highest BCUT2D eigenvalue weighted by atomic mass is 127. The molecule has 1 N–H and O–H groups in total. The smallest absolute Gasteiger partial charge is 0.141 e. The molecule has 0 radical (unpaired) electrons. The molecule has 1 unspecified atom stereocenters. The molecular formula is C14H13F2IN2. The third kappa shape index (κ3) is 3.48. The quantitative estimate of drug-likeness (QED) is 0.827. The Morgan fingerprint density at radius 3 is 2.63 bits per heavy atom. The molecule has 0 amide bonds. The Morgan fingerprint density at radius 1 is 1.21 bits per heavy atom. The summed E-state index contributed by atoms with van der Waals surface area (Å²) in [6.45, 7) is 2.69. The molecular weight excluding hydrogens is 361 g/mol. The van der Waals surface area contributed by atoms with Gasteiger partial charge in [-0.1, -0.05) is 13.0 Å². The first-order valence-electron chi connectivity index (χ1n) is 5.90. The molecule has 19 heavy (non-hydrogen) atoms. The monoisotopic (exact) mass is 374 g/mol. The van der Waals surface area contributed by atoms with Crippen molar-refractivity contribution in [2.45, 2.75) is 13.0 Å². The molecule has 0 saturated carbocycles. The van der Waals surface area contributed by atoms with E-state index in [4.69, 9.17) is 0 Å². The lowest BCUT2D eigenvalue weighted by Crippen LogP contribution is -2.23. The molecule has 0 aliphatic rings. The Labute approximate surface area is 124 Å². The first-order chi connectivity index (χ1) is 9.11. The second-order valence-corrected chi connectivity index (χ2v) is 5.26. The van der Waals surface area contributed by atoms with Gasteiger partial charge in [-0.15, -0.1) is 0 Å². The number of pyridine rings is 1. The van der Waals surface area contributed by atoms with Crippen molar-refractivity contribution in [1.82, 2.24) is 10.3 Å². The maximum absolute atomic E-state index is 13.3. The van der Waals surface area contributed by atoms with Crippen LogP contribution in [-0.2, 0) is 0 Å².